The number of pyridine rings is 1. The van der Waals surface area contributed by atoms with Crippen molar-refractivity contribution in [3.63, 3.8) is 0 Å². The van der Waals surface area contributed by atoms with Crippen molar-refractivity contribution in [1.29, 1.82) is 0 Å². The number of carbonyl (C=O) groups is 2. The monoisotopic (exact) mass is 321 g/mol. The number of fused-ring (bicyclic) bond motifs is 1. The van der Waals surface area contributed by atoms with E-state index in [1.807, 2.05) is 23.6 Å². The molecule has 0 saturated heterocycles. The molecule has 2 aromatic heterocycles. The molecular weight excluding hydrogens is 310 g/mol. The van der Waals surface area contributed by atoms with Crippen LogP contribution in [0.5, 0.6) is 0 Å². The van der Waals surface area contributed by atoms with Crippen LogP contribution in [0.1, 0.15) is 26.4 Å². The molecule has 6 heteroatoms. The van der Waals surface area contributed by atoms with Gasteiger partial charge in [-0.2, -0.15) is 0 Å². The number of aromatic nitrogens is 2. The van der Waals surface area contributed by atoms with Gasteiger partial charge < -0.3 is 0 Å². The molecule has 4 rings (SSSR count). The van der Waals surface area contributed by atoms with Crippen LogP contribution in [-0.4, -0.2) is 26.7 Å². The average Bonchev–Trinajstić information content (AvgIpc) is 3.16. The van der Waals surface area contributed by atoms with Crippen molar-refractivity contribution in [1.82, 2.24) is 14.9 Å². The number of carbonyl (C=O) groups excluding carboxylic acids is 2. The lowest BCUT2D eigenvalue weighted by Crippen LogP contribution is -2.29. The van der Waals surface area contributed by atoms with Gasteiger partial charge in [0.1, 0.15) is 5.01 Å². The number of benzene rings is 1. The number of thiazole rings is 1. The normalized spacial score (nSPS) is 13.5. The van der Waals surface area contributed by atoms with Crippen LogP contribution < -0.4 is 0 Å². The third-order valence-corrected chi connectivity index (χ3v) is 4.55. The first-order chi connectivity index (χ1) is 11.2. The number of amides is 2. The highest BCUT2D eigenvalue weighted by Gasteiger charge is 2.35. The zero-order chi connectivity index (χ0) is 15.8. The van der Waals surface area contributed by atoms with Crippen LogP contribution in [0.3, 0.4) is 0 Å². The average molecular weight is 321 g/mol. The number of rotatable bonds is 3. The summed E-state index contributed by atoms with van der Waals surface area (Å²) in [5.41, 5.74) is 2.38. The summed E-state index contributed by atoms with van der Waals surface area (Å²) in [6.07, 6.45) is 1.71. The molecule has 1 aliphatic heterocycles. The molecule has 5 nitrogen and oxygen atoms in total. The van der Waals surface area contributed by atoms with Crippen LogP contribution in [0.4, 0.5) is 0 Å². The summed E-state index contributed by atoms with van der Waals surface area (Å²) in [7, 11) is 0. The third kappa shape index (κ3) is 2.33. The molecule has 112 valence electrons. The van der Waals surface area contributed by atoms with Crippen molar-refractivity contribution in [2.75, 3.05) is 0 Å². The Morgan fingerprint density at radius 1 is 0.957 bits per heavy atom. The second-order valence-corrected chi connectivity index (χ2v) is 5.96. The predicted molar refractivity (Wildman–Crippen MR) is 86.0 cm³/mol. The number of hydrogen-bond donors (Lipinski definition) is 0. The second kappa shape index (κ2) is 5.40. The van der Waals surface area contributed by atoms with Crippen LogP contribution in [0, 0.1) is 0 Å². The standard InChI is InChI=1S/C17H11N3O2S/c21-16-12-5-1-2-6-13(12)17(22)20(16)9-11-10-23-15(19-11)14-7-3-4-8-18-14/h1-8,10H,9H2. The minimum Gasteiger partial charge on any atom is -0.269 e. The zero-order valence-corrected chi connectivity index (χ0v) is 12.8. The molecule has 0 fully saturated rings. The Kier molecular flexibility index (Phi) is 3.24. The molecule has 1 aliphatic rings. The Labute approximate surface area is 136 Å². The fraction of sp³-hybridized carbons (Fsp3) is 0.0588. The molecule has 0 unspecified atom stereocenters. The first-order valence-corrected chi connectivity index (χ1v) is 7.93. The Hall–Kier alpha value is -2.86. The third-order valence-electron chi connectivity index (χ3n) is 3.63. The molecule has 23 heavy (non-hydrogen) atoms. The summed E-state index contributed by atoms with van der Waals surface area (Å²) in [5, 5.41) is 2.63. The molecule has 1 aromatic carbocycles. The van der Waals surface area contributed by atoms with Gasteiger partial charge >= 0.3 is 0 Å². The SMILES string of the molecule is O=C1c2ccccc2C(=O)N1Cc1csc(-c2ccccn2)n1. The van der Waals surface area contributed by atoms with E-state index in [1.165, 1.54) is 16.2 Å². The van der Waals surface area contributed by atoms with Gasteiger partial charge in [-0.25, -0.2) is 4.98 Å². The van der Waals surface area contributed by atoms with Gasteiger partial charge in [-0.3, -0.25) is 19.5 Å². The number of nitrogens with zero attached hydrogens (tertiary/aromatic N) is 3. The van der Waals surface area contributed by atoms with Gasteiger partial charge in [-0.1, -0.05) is 18.2 Å². The van der Waals surface area contributed by atoms with Crippen molar-refractivity contribution in [3.8, 4) is 10.7 Å². The molecule has 0 bridgehead atoms. The maximum atomic E-state index is 12.4. The van der Waals surface area contributed by atoms with E-state index in [1.54, 1.807) is 30.5 Å². The van der Waals surface area contributed by atoms with Gasteiger partial charge in [0.2, 0.25) is 0 Å². The summed E-state index contributed by atoms with van der Waals surface area (Å²) in [5.74, 6) is -0.532. The summed E-state index contributed by atoms with van der Waals surface area (Å²) in [4.78, 5) is 34.7. The summed E-state index contributed by atoms with van der Waals surface area (Å²) in [6, 6.07) is 12.5. The molecule has 0 saturated carbocycles. The fourth-order valence-corrected chi connectivity index (χ4v) is 3.32. The molecule has 2 amide bonds. The van der Waals surface area contributed by atoms with Crippen molar-refractivity contribution < 1.29 is 9.59 Å². The molecular formula is C17H11N3O2S. The fourth-order valence-electron chi connectivity index (χ4n) is 2.53. The molecule has 0 N–H and O–H groups in total. The van der Waals surface area contributed by atoms with Gasteiger partial charge in [0.15, 0.2) is 0 Å². The van der Waals surface area contributed by atoms with Gasteiger partial charge in [0.05, 0.1) is 29.1 Å². The lowest BCUT2D eigenvalue weighted by molar-refractivity contribution is 0.0640. The van der Waals surface area contributed by atoms with Crippen LogP contribution in [0.15, 0.2) is 54.0 Å². The van der Waals surface area contributed by atoms with Crippen molar-refractivity contribution in [3.05, 3.63) is 70.9 Å². The quantitative estimate of drug-likeness (QED) is 0.696. The van der Waals surface area contributed by atoms with E-state index in [0.29, 0.717) is 16.8 Å². The van der Waals surface area contributed by atoms with E-state index in [0.717, 1.165) is 10.7 Å². The number of hydrogen-bond acceptors (Lipinski definition) is 5. The smallest absolute Gasteiger partial charge is 0.261 e. The zero-order valence-electron chi connectivity index (χ0n) is 12.0. The molecule has 3 heterocycles. The highest BCUT2D eigenvalue weighted by Crippen LogP contribution is 2.26. The Morgan fingerprint density at radius 2 is 1.65 bits per heavy atom. The predicted octanol–water partition coefficient (Wildman–Crippen LogP) is 3.00. The van der Waals surface area contributed by atoms with Crippen LogP contribution in [0.2, 0.25) is 0 Å². The van der Waals surface area contributed by atoms with Gasteiger partial charge in [0.25, 0.3) is 11.8 Å². The van der Waals surface area contributed by atoms with Gasteiger partial charge in [0, 0.05) is 11.6 Å². The van der Waals surface area contributed by atoms with E-state index in [2.05, 4.69) is 9.97 Å². The second-order valence-electron chi connectivity index (χ2n) is 5.10. The van der Waals surface area contributed by atoms with E-state index < -0.39 is 0 Å². The highest BCUT2D eigenvalue weighted by molar-refractivity contribution is 7.13. The lowest BCUT2D eigenvalue weighted by atomic mass is 10.1. The summed E-state index contributed by atoms with van der Waals surface area (Å²) < 4.78 is 0. The van der Waals surface area contributed by atoms with E-state index in [9.17, 15) is 9.59 Å². The minimum atomic E-state index is -0.266. The van der Waals surface area contributed by atoms with Crippen LogP contribution in [-0.2, 0) is 6.54 Å². The van der Waals surface area contributed by atoms with Gasteiger partial charge in [-0.05, 0) is 24.3 Å². The minimum absolute atomic E-state index is 0.176. The van der Waals surface area contributed by atoms with Gasteiger partial charge in [-0.15, -0.1) is 11.3 Å². The Balaban J connectivity index is 1.60. The molecule has 0 spiro atoms. The van der Waals surface area contributed by atoms with Crippen molar-refractivity contribution >= 4 is 23.2 Å². The van der Waals surface area contributed by atoms with Crippen LogP contribution in [0.25, 0.3) is 10.7 Å². The van der Waals surface area contributed by atoms with Crippen molar-refractivity contribution in [2.24, 2.45) is 0 Å². The van der Waals surface area contributed by atoms with Crippen LogP contribution >= 0.6 is 11.3 Å². The van der Waals surface area contributed by atoms with E-state index in [4.69, 9.17) is 0 Å². The van der Waals surface area contributed by atoms with E-state index >= 15 is 0 Å². The first kappa shape index (κ1) is 13.8. The van der Waals surface area contributed by atoms with Crippen molar-refractivity contribution in [2.45, 2.75) is 6.54 Å². The van der Waals surface area contributed by atoms with E-state index in [-0.39, 0.29) is 18.4 Å². The topological polar surface area (TPSA) is 63.2 Å². The maximum Gasteiger partial charge on any atom is 0.261 e. The highest BCUT2D eigenvalue weighted by atomic mass is 32.1. The molecule has 3 aromatic rings. The first-order valence-electron chi connectivity index (χ1n) is 7.05. The lowest BCUT2D eigenvalue weighted by Gasteiger charge is -2.11. The molecule has 0 aliphatic carbocycles. The molecule has 0 atom stereocenters. The summed E-state index contributed by atoms with van der Waals surface area (Å²) in [6.45, 7) is 0.176. The number of imide groups is 1. The Bertz CT molecular complexity index is 870. The Morgan fingerprint density at radius 3 is 2.30 bits per heavy atom. The largest absolute Gasteiger partial charge is 0.269 e. The maximum absolute atomic E-state index is 12.4. The molecule has 0 radical (unpaired) electrons. The summed E-state index contributed by atoms with van der Waals surface area (Å²) >= 11 is 1.45.